The minimum atomic E-state index is -0.949. The molecule has 0 radical (unpaired) electrons. The topological polar surface area (TPSA) is 61.1 Å². The summed E-state index contributed by atoms with van der Waals surface area (Å²) in [5.41, 5.74) is 1.84. The van der Waals surface area contributed by atoms with E-state index in [0.29, 0.717) is 10.4 Å². The van der Waals surface area contributed by atoms with Crippen molar-refractivity contribution in [1.29, 1.82) is 5.26 Å². The van der Waals surface area contributed by atoms with E-state index in [1.165, 1.54) is 11.3 Å². The van der Waals surface area contributed by atoms with Gasteiger partial charge in [0.1, 0.15) is 10.9 Å². The van der Waals surface area contributed by atoms with Gasteiger partial charge in [0, 0.05) is 10.4 Å². The number of rotatable bonds is 2. The third-order valence-corrected chi connectivity index (χ3v) is 3.41. The van der Waals surface area contributed by atoms with Gasteiger partial charge in [-0.05, 0) is 25.1 Å². The average Bonchev–Trinajstić information content (AvgIpc) is 2.77. The number of nitrogens with zero attached hydrogens (tertiary/aromatic N) is 1. The van der Waals surface area contributed by atoms with Crippen molar-refractivity contribution in [1.82, 2.24) is 0 Å². The first kappa shape index (κ1) is 11.4. The largest absolute Gasteiger partial charge is 0.478 e. The van der Waals surface area contributed by atoms with Gasteiger partial charge in [-0.3, -0.25) is 0 Å². The van der Waals surface area contributed by atoms with Crippen molar-refractivity contribution >= 4 is 17.3 Å². The first-order valence-corrected chi connectivity index (χ1v) is 5.77. The fourth-order valence-corrected chi connectivity index (χ4v) is 2.44. The Hall–Kier alpha value is -2.12. The van der Waals surface area contributed by atoms with Crippen LogP contribution in [0.1, 0.15) is 20.8 Å². The minimum absolute atomic E-state index is 0.274. The van der Waals surface area contributed by atoms with Crippen LogP contribution in [0, 0.1) is 18.3 Å². The molecule has 1 aromatic heterocycles. The first-order chi connectivity index (χ1) is 8.11. The van der Waals surface area contributed by atoms with Crippen molar-refractivity contribution < 1.29 is 9.90 Å². The molecule has 17 heavy (non-hydrogen) atoms. The maximum absolute atomic E-state index is 11.2. The number of thiophene rings is 1. The third-order valence-electron chi connectivity index (χ3n) is 2.39. The molecule has 1 heterocycles. The van der Waals surface area contributed by atoms with Crippen LogP contribution in [0.3, 0.4) is 0 Å². The van der Waals surface area contributed by atoms with Crippen LogP contribution in [-0.4, -0.2) is 11.1 Å². The Morgan fingerprint density at radius 2 is 2.12 bits per heavy atom. The van der Waals surface area contributed by atoms with Crippen molar-refractivity contribution in [2.75, 3.05) is 0 Å². The molecule has 0 unspecified atom stereocenters. The predicted octanol–water partition coefficient (Wildman–Crippen LogP) is 3.29. The lowest BCUT2D eigenvalue weighted by atomic mass is 10.0. The van der Waals surface area contributed by atoms with E-state index in [4.69, 9.17) is 10.4 Å². The summed E-state index contributed by atoms with van der Waals surface area (Å²) in [6.07, 6.45) is 0. The molecule has 2 aromatic rings. The molecule has 0 saturated carbocycles. The second-order valence-corrected chi connectivity index (χ2v) is 4.71. The van der Waals surface area contributed by atoms with E-state index in [9.17, 15) is 4.79 Å². The summed E-state index contributed by atoms with van der Waals surface area (Å²) in [6.45, 7) is 1.85. The summed E-state index contributed by atoms with van der Waals surface area (Å²) in [7, 11) is 0. The number of benzene rings is 1. The lowest BCUT2D eigenvalue weighted by molar-refractivity contribution is 0.0697. The van der Waals surface area contributed by atoms with Crippen LogP contribution in [0.15, 0.2) is 30.3 Å². The predicted molar refractivity (Wildman–Crippen MR) is 66.2 cm³/mol. The van der Waals surface area contributed by atoms with Gasteiger partial charge in [-0.2, -0.15) is 5.26 Å². The van der Waals surface area contributed by atoms with Gasteiger partial charge in [-0.15, -0.1) is 11.3 Å². The van der Waals surface area contributed by atoms with E-state index in [1.807, 2.05) is 19.1 Å². The van der Waals surface area contributed by atoms with E-state index >= 15 is 0 Å². The lowest BCUT2D eigenvalue weighted by Crippen LogP contribution is -1.99. The van der Waals surface area contributed by atoms with E-state index in [2.05, 4.69) is 0 Å². The highest BCUT2D eigenvalue weighted by Crippen LogP contribution is 2.31. The normalized spacial score (nSPS) is 9.88. The molecule has 2 rings (SSSR count). The van der Waals surface area contributed by atoms with Crippen LogP contribution in [-0.2, 0) is 0 Å². The fraction of sp³-hybridized carbons (Fsp3) is 0.0769. The van der Waals surface area contributed by atoms with Gasteiger partial charge in [0.05, 0.1) is 5.56 Å². The smallest absolute Gasteiger partial charge is 0.336 e. The summed E-state index contributed by atoms with van der Waals surface area (Å²) in [5, 5.41) is 17.9. The molecule has 0 aliphatic carbocycles. The number of nitriles is 1. The van der Waals surface area contributed by atoms with Crippen molar-refractivity contribution in [2.24, 2.45) is 0 Å². The highest BCUT2D eigenvalue weighted by atomic mass is 32.1. The molecule has 0 amide bonds. The van der Waals surface area contributed by atoms with Gasteiger partial charge >= 0.3 is 5.97 Å². The zero-order valence-corrected chi connectivity index (χ0v) is 9.91. The van der Waals surface area contributed by atoms with Crippen LogP contribution in [0.5, 0.6) is 0 Å². The summed E-state index contributed by atoms with van der Waals surface area (Å²) in [4.78, 5) is 12.5. The number of carboxylic acid groups (broad SMARTS) is 1. The molecule has 0 atom stereocenters. The molecular weight excluding hydrogens is 234 g/mol. The molecule has 1 N–H and O–H groups in total. The maximum Gasteiger partial charge on any atom is 0.336 e. The zero-order valence-electron chi connectivity index (χ0n) is 9.10. The Morgan fingerprint density at radius 3 is 2.71 bits per heavy atom. The Labute approximate surface area is 103 Å². The summed E-state index contributed by atoms with van der Waals surface area (Å²) < 4.78 is 0. The number of hydrogen-bond acceptors (Lipinski definition) is 3. The molecule has 4 heteroatoms. The SMILES string of the molecule is Cc1ccc(-c2ccc(C#N)s2)c(C(=O)O)c1. The number of carboxylic acids is 1. The lowest BCUT2D eigenvalue weighted by Gasteiger charge is -2.04. The highest BCUT2D eigenvalue weighted by molar-refractivity contribution is 7.16. The van der Waals surface area contributed by atoms with E-state index in [1.54, 1.807) is 24.3 Å². The molecule has 1 aromatic carbocycles. The number of carbonyl (C=O) groups is 1. The van der Waals surface area contributed by atoms with Crippen molar-refractivity contribution in [3.8, 4) is 16.5 Å². The van der Waals surface area contributed by atoms with E-state index in [0.717, 1.165) is 10.4 Å². The van der Waals surface area contributed by atoms with Gasteiger partial charge in [0.15, 0.2) is 0 Å². The van der Waals surface area contributed by atoms with Gasteiger partial charge in [-0.25, -0.2) is 4.79 Å². The molecular formula is C13H9NO2S. The minimum Gasteiger partial charge on any atom is -0.478 e. The van der Waals surface area contributed by atoms with Crippen LogP contribution in [0.4, 0.5) is 0 Å². The van der Waals surface area contributed by atoms with Crippen LogP contribution in [0.2, 0.25) is 0 Å². The first-order valence-electron chi connectivity index (χ1n) is 4.96. The second kappa shape index (κ2) is 4.40. The third kappa shape index (κ3) is 2.19. The molecule has 0 aliphatic heterocycles. The Morgan fingerprint density at radius 1 is 1.35 bits per heavy atom. The monoisotopic (exact) mass is 243 g/mol. The standard InChI is InChI=1S/C13H9NO2S/c1-8-2-4-10(11(6-8)13(15)16)12-5-3-9(7-14)17-12/h2-6H,1H3,(H,15,16). The van der Waals surface area contributed by atoms with E-state index < -0.39 is 5.97 Å². The highest BCUT2D eigenvalue weighted by Gasteiger charge is 2.13. The Bertz CT molecular complexity index is 623. The Kier molecular flexibility index (Phi) is 2.94. The second-order valence-electron chi connectivity index (χ2n) is 3.63. The summed E-state index contributed by atoms with van der Waals surface area (Å²) >= 11 is 1.30. The van der Waals surface area contributed by atoms with Crippen molar-refractivity contribution in [3.63, 3.8) is 0 Å². The van der Waals surface area contributed by atoms with Crippen molar-refractivity contribution in [2.45, 2.75) is 6.92 Å². The fourth-order valence-electron chi connectivity index (χ4n) is 1.59. The number of aromatic carboxylic acids is 1. The number of hydrogen-bond donors (Lipinski definition) is 1. The van der Waals surface area contributed by atoms with Gasteiger partial charge < -0.3 is 5.11 Å². The average molecular weight is 243 g/mol. The maximum atomic E-state index is 11.2. The number of aryl methyl sites for hydroxylation is 1. The van der Waals surface area contributed by atoms with Crippen LogP contribution >= 0.6 is 11.3 Å². The quantitative estimate of drug-likeness (QED) is 0.880. The molecule has 0 saturated heterocycles. The molecule has 0 bridgehead atoms. The van der Waals surface area contributed by atoms with Gasteiger partial charge in [-0.1, -0.05) is 17.7 Å². The van der Waals surface area contributed by atoms with Crippen LogP contribution in [0.25, 0.3) is 10.4 Å². The molecule has 0 fully saturated rings. The van der Waals surface area contributed by atoms with Gasteiger partial charge in [0.2, 0.25) is 0 Å². The Balaban J connectivity index is 2.59. The summed E-state index contributed by atoms with van der Waals surface area (Å²) in [6, 6.07) is 10.8. The zero-order chi connectivity index (χ0) is 12.4. The van der Waals surface area contributed by atoms with Gasteiger partial charge in [0.25, 0.3) is 0 Å². The molecule has 84 valence electrons. The molecule has 0 aliphatic rings. The van der Waals surface area contributed by atoms with E-state index in [-0.39, 0.29) is 5.56 Å². The molecule has 3 nitrogen and oxygen atoms in total. The summed E-state index contributed by atoms with van der Waals surface area (Å²) in [5.74, 6) is -0.949. The van der Waals surface area contributed by atoms with Crippen molar-refractivity contribution in [3.05, 3.63) is 46.3 Å². The van der Waals surface area contributed by atoms with Crippen LogP contribution < -0.4 is 0 Å². The molecule has 0 spiro atoms.